The predicted molar refractivity (Wildman–Crippen MR) is 105 cm³/mol. The molecule has 0 spiro atoms. The lowest BCUT2D eigenvalue weighted by Gasteiger charge is -2.11. The number of halogens is 2. The number of aryl methyl sites for hydroxylation is 1. The van der Waals surface area contributed by atoms with Gasteiger partial charge in [0.25, 0.3) is 0 Å². The second-order valence-corrected chi connectivity index (χ2v) is 6.23. The molecular formula is C19H17ClFN5O. The molecule has 0 bridgehead atoms. The van der Waals surface area contributed by atoms with Crippen LogP contribution < -0.4 is 16.0 Å². The van der Waals surface area contributed by atoms with Gasteiger partial charge in [-0.2, -0.15) is 0 Å². The van der Waals surface area contributed by atoms with Gasteiger partial charge in [0.2, 0.25) is 5.91 Å². The van der Waals surface area contributed by atoms with E-state index in [0.717, 1.165) is 5.69 Å². The van der Waals surface area contributed by atoms with Crippen molar-refractivity contribution in [3.63, 3.8) is 0 Å². The van der Waals surface area contributed by atoms with Gasteiger partial charge in [0.15, 0.2) is 0 Å². The lowest BCUT2D eigenvalue weighted by Crippen LogP contribution is -2.06. The third-order valence-electron chi connectivity index (χ3n) is 3.49. The van der Waals surface area contributed by atoms with Crippen LogP contribution in [-0.4, -0.2) is 15.9 Å². The minimum absolute atomic E-state index is 0.0268. The molecule has 138 valence electrons. The fraction of sp³-hybridized carbons (Fsp3) is 0.105. The molecule has 1 amide bonds. The summed E-state index contributed by atoms with van der Waals surface area (Å²) >= 11 is 5.81. The maximum atomic E-state index is 13.3. The molecule has 3 aromatic rings. The van der Waals surface area contributed by atoms with Gasteiger partial charge in [0.1, 0.15) is 23.3 Å². The van der Waals surface area contributed by atoms with E-state index in [4.69, 9.17) is 11.6 Å². The fourth-order valence-electron chi connectivity index (χ4n) is 2.44. The summed E-state index contributed by atoms with van der Waals surface area (Å²) < 4.78 is 13.3. The van der Waals surface area contributed by atoms with Crippen LogP contribution in [0.15, 0.2) is 48.5 Å². The molecule has 0 aliphatic heterocycles. The van der Waals surface area contributed by atoms with Crippen molar-refractivity contribution in [2.24, 2.45) is 0 Å². The van der Waals surface area contributed by atoms with Crippen molar-refractivity contribution in [3.8, 4) is 0 Å². The number of aromatic nitrogens is 2. The zero-order valence-electron chi connectivity index (χ0n) is 14.7. The molecule has 1 aromatic heterocycles. The Bertz CT molecular complexity index is 996. The van der Waals surface area contributed by atoms with Crippen LogP contribution in [0.5, 0.6) is 0 Å². The minimum Gasteiger partial charge on any atom is -0.340 e. The van der Waals surface area contributed by atoms with E-state index in [9.17, 15) is 9.18 Å². The molecule has 1 heterocycles. The molecule has 2 aromatic carbocycles. The van der Waals surface area contributed by atoms with Crippen LogP contribution >= 0.6 is 11.6 Å². The summed E-state index contributed by atoms with van der Waals surface area (Å²) in [5, 5.41) is 9.01. The number of carbonyl (C=O) groups excluding carboxylic acids is 1. The van der Waals surface area contributed by atoms with Crippen LogP contribution in [0.1, 0.15) is 12.7 Å². The first kappa shape index (κ1) is 18.6. The van der Waals surface area contributed by atoms with Gasteiger partial charge in [-0.05, 0) is 43.3 Å². The Kier molecular flexibility index (Phi) is 5.52. The summed E-state index contributed by atoms with van der Waals surface area (Å²) in [5.41, 5.74) is 2.05. The number of nitrogens with one attached hydrogen (secondary N) is 3. The summed E-state index contributed by atoms with van der Waals surface area (Å²) in [4.78, 5) is 19.9. The van der Waals surface area contributed by atoms with E-state index >= 15 is 0 Å². The van der Waals surface area contributed by atoms with E-state index in [0.29, 0.717) is 28.8 Å². The molecule has 0 aliphatic rings. The minimum atomic E-state index is -0.484. The van der Waals surface area contributed by atoms with Gasteiger partial charge in [-0.25, -0.2) is 14.4 Å². The molecule has 8 heteroatoms. The molecule has 0 atom stereocenters. The number of benzene rings is 2. The standard InChI is InChI=1S/C19H17ClFN5O/c1-11-22-18(25-14-5-3-4-13(8-14)24-12(2)27)10-19(23-11)26-15-6-7-17(21)16(20)9-15/h3-10H,1-2H3,(H,24,27)(H2,22,23,25,26). The van der Waals surface area contributed by atoms with Crippen molar-refractivity contribution in [2.45, 2.75) is 13.8 Å². The van der Waals surface area contributed by atoms with Crippen LogP contribution in [0, 0.1) is 12.7 Å². The molecule has 3 rings (SSSR count). The number of carbonyl (C=O) groups is 1. The molecule has 6 nitrogen and oxygen atoms in total. The maximum Gasteiger partial charge on any atom is 0.221 e. The Morgan fingerprint density at radius 1 is 0.963 bits per heavy atom. The molecule has 27 heavy (non-hydrogen) atoms. The fourth-order valence-corrected chi connectivity index (χ4v) is 2.62. The van der Waals surface area contributed by atoms with Crippen LogP contribution in [0.3, 0.4) is 0 Å². The second-order valence-electron chi connectivity index (χ2n) is 5.83. The monoisotopic (exact) mass is 385 g/mol. The number of nitrogens with zero attached hydrogens (tertiary/aromatic N) is 2. The average Bonchev–Trinajstić information content (AvgIpc) is 2.57. The number of hydrogen-bond acceptors (Lipinski definition) is 5. The van der Waals surface area contributed by atoms with Crippen molar-refractivity contribution in [3.05, 3.63) is 65.2 Å². The average molecular weight is 386 g/mol. The van der Waals surface area contributed by atoms with E-state index in [-0.39, 0.29) is 10.9 Å². The zero-order valence-corrected chi connectivity index (χ0v) is 15.4. The molecule has 0 aliphatic carbocycles. The quantitative estimate of drug-likeness (QED) is 0.574. The Labute approximate surface area is 160 Å². The van der Waals surface area contributed by atoms with E-state index in [1.54, 1.807) is 31.2 Å². The number of hydrogen-bond donors (Lipinski definition) is 3. The Morgan fingerprint density at radius 3 is 2.22 bits per heavy atom. The van der Waals surface area contributed by atoms with Crippen molar-refractivity contribution in [2.75, 3.05) is 16.0 Å². The van der Waals surface area contributed by atoms with Gasteiger partial charge >= 0.3 is 0 Å². The Balaban J connectivity index is 1.81. The van der Waals surface area contributed by atoms with Crippen molar-refractivity contribution >= 4 is 46.2 Å². The van der Waals surface area contributed by atoms with E-state index in [1.165, 1.54) is 19.1 Å². The van der Waals surface area contributed by atoms with Crippen LogP contribution in [-0.2, 0) is 4.79 Å². The summed E-state index contributed by atoms with van der Waals surface area (Å²) in [7, 11) is 0. The highest BCUT2D eigenvalue weighted by molar-refractivity contribution is 6.31. The van der Waals surface area contributed by atoms with E-state index in [2.05, 4.69) is 25.9 Å². The second kappa shape index (κ2) is 8.01. The third kappa shape index (κ3) is 5.15. The largest absolute Gasteiger partial charge is 0.340 e. The summed E-state index contributed by atoms with van der Waals surface area (Å²) in [6.45, 7) is 3.22. The first-order valence-corrected chi connectivity index (χ1v) is 8.49. The van der Waals surface area contributed by atoms with Gasteiger partial charge in [-0.15, -0.1) is 0 Å². The van der Waals surface area contributed by atoms with Gasteiger partial charge in [-0.1, -0.05) is 17.7 Å². The molecule has 0 saturated heterocycles. The first-order valence-electron chi connectivity index (χ1n) is 8.11. The topological polar surface area (TPSA) is 78.9 Å². The summed E-state index contributed by atoms with van der Waals surface area (Å²) in [5.74, 6) is 1.02. The maximum absolute atomic E-state index is 13.3. The lowest BCUT2D eigenvalue weighted by atomic mass is 10.2. The molecule has 3 N–H and O–H groups in total. The highest BCUT2D eigenvalue weighted by Gasteiger charge is 2.06. The molecule has 0 radical (unpaired) electrons. The van der Waals surface area contributed by atoms with E-state index < -0.39 is 5.82 Å². The van der Waals surface area contributed by atoms with Gasteiger partial charge in [-0.3, -0.25) is 4.79 Å². The van der Waals surface area contributed by atoms with Crippen molar-refractivity contribution in [1.82, 2.24) is 9.97 Å². The smallest absolute Gasteiger partial charge is 0.221 e. The number of amides is 1. The SMILES string of the molecule is CC(=O)Nc1cccc(Nc2cc(Nc3ccc(F)c(Cl)c3)nc(C)n2)c1. The number of rotatable bonds is 5. The highest BCUT2D eigenvalue weighted by atomic mass is 35.5. The molecular weight excluding hydrogens is 369 g/mol. The molecule has 0 fully saturated rings. The van der Waals surface area contributed by atoms with Gasteiger partial charge in [0, 0.05) is 30.1 Å². The summed E-state index contributed by atoms with van der Waals surface area (Å²) in [6.07, 6.45) is 0. The highest BCUT2D eigenvalue weighted by Crippen LogP contribution is 2.24. The van der Waals surface area contributed by atoms with Gasteiger partial charge in [0.05, 0.1) is 5.02 Å². The van der Waals surface area contributed by atoms with Crippen molar-refractivity contribution in [1.29, 1.82) is 0 Å². The Morgan fingerprint density at radius 2 is 1.59 bits per heavy atom. The predicted octanol–water partition coefficient (Wildman–Crippen LogP) is 5.02. The van der Waals surface area contributed by atoms with E-state index in [1.807, 2.05) is 12.1 Å². The Hall–Kier alpha value is -3.19. The summed E-state index contributed by atoms with van der Waals surface area (Å²) in [6, 6.07) is 13.3. The zero-order chi connectivity index (χ0) is 19.4. The van der Waals surface area contributed by atoms with Crippen LogP contribution in [0.25, 0.3) is 0 Å². The molecule has 0 saturated carbocycles. The lowest BCUT2D eigenvalue weighted by molar-refractivity contribution is -0.114. The van der Waals surface area contributed by atoms with Gasteiger partial charge < -0.3 is 16.0 Å². The van der Waals surface area contributed by atoms with Crippen molar-refractivity contribution < 1.29 is 9.18 Å². The first-order chi connectivity index (χ1) is 12.9. The number of anilines is 5. The molecule has 0 unspecified atom stereocenters. The van der Waals surface area contributed by atoms with Crippen LogP contribution in [0.4, 0.5) is 33.1 Å². The van der Waals surface area contributed by atoms with Crippen LogP contribution in [0.2, 0.25) is 5.02 Å². The third-order valence-corrected chi connectivity index (χ3v) is 3.77. The normalized spacial score (nSPS) is 10.4.